The van der Waals surface area contributed by atoms with E-state index in [0.29, 0.717) is 41.9 Å². The summed E-state index contributed by atoms with van der Waals surface area (Å²) in [7, 11) is 3.21. The first-order chi connectivity index (χ1) is 14.1. The standard InChI is InChI=1S/C23H27NO5/c1-4-12-29-21-14-17(9-10-20(21)28-3)19(11-13-27-2)24-22(25)15-16-7-5-6-8-18(16)23(24)26/h5-10,14-15,19,26H,4,11-13H2,1-3H3. The van der Waals surface area contributed by atoms with Crippen molar-refractivity contribution in [3.8, 4) is 17.4 Å². The lowest BCUT2D eigenvalue weighted by Crippen LogP contribution is -2.26. The molecule has 1 unspecified atom stereocenters. The highest BCUT2D eigenvalue weighted by atomic mass is 16.5. The molecule has 1 aromatic heterocycles. The predicted molar refractivity (Wildman–Crippen MR) is 113 cm³/mol. The summed E-state index contributed by atoms with van der Waals surface area (Å²) in [4.78, 5) is 12.9. The van der Waals surface area contributed by atoms with Gasteiger partial charge < -0.3 is 19.3 Å². The zero-order valence-electron chi connectivity index (χ0n) is 17.1. The van der Waals surface area contributed by atoms with Crippen molar-refractivity contribution in [2.45, 2.75) is 25.8 Å². The fourth-order valence-electron chi connectivity index (χ4n) is 3.46. The molecule has 0 aliphatic heterocycles. The van der Waals surface area contributed by atoms with Crippen molar-refractivity contribution >= 4 is 10.8 Å². The Morgan fingerprint density at radius 2 is 1.83 bits per heavy atom. The van der Waals surface area contributed by atoms with Crippen LogP contribution in [0.5, 0.6) is 17.4 Å². The van der Waals surface area contributed by atoms with E-state index in [4.69, 9.17) is 14.2 Å². The Labute approximate surface area is 170 Å². The van der Waals surface area contributed by atoms with Crippen LogP contribution in [0.25, 0.3) is 10.8 Å². The highest BCUT2D eigenvalue weighted by Crippen LogP contribution is 2.35. The summed E-state index contributed by atoms with van der Waals surface area (Å²) in [6.07, 6.45) is 1.38. The third-order valence-corrected chi connectivity index (χ3v) is 4.89. The minimum atomic E-state index is -0.415. The Kier molecular flexibility index (Phi) is 6.77. The minimum Gasteiger partial charge on any atom is -0.494 e. The number of benzene rings is 2. The monoisotopic (exact) mass is 397 g/mol. The van der Waals surface area contributed by atoms with Crippen molar-refractivity contribution in [3.05, 3.63) is 64.4 Å². The summed E-state index contributed by atoms with van der Waals surface area (Å²) in [5.41, 5.74) is 0.566. The largest absolute Gasteiger partial charge is 0.494 e. The van der Waals surface area contributed by atoms with Crippen LogP contribution in [-0.4, -0.2) is 37.1 Å². The van der Waals surface area contributed by atoms with Gasteiger partial charge in [-0.15, -0.1) is 0 Å². The second-order valence-corrected chi connectivity index (χ2v) is 6.82. The van der Waals surface area contributed by atoms with Crippen LogP contribution in [0.4, 0.5) is 0 Å². The molecule has 154 valence electrons. The molecule has 2 aromatic carbocycles. The highest BCUT2D eigenvalue weighted by molar-refractivity contribution is 5.86. The van der Waals surface area contributed by atoms with Gasteiger partial charge >= 0.3 is 0 Å². The van der Waals surface area contributed by atoms with Crippen LogP contribution in [0.1, 0.15) is 31.4 Å². The third-order valence-electron chi connectivity index (χ3n) is 4.89. The molecule has 0 radical (unpaired) electrons. The van der Waals surface area contributed by atoms with Gasteiger partial charge in [-0.1, -0.05) is 31.2 Å². The first-order valence-electron chi connectivity index (χ1n) is 9.73. The van der Waals surface area contributed by atoms with E-state index < -0.39 is 6.04 Å². The van der Waals surface area contributed by atoms with Gasteiger partial charge in [0.05, 0.1) is 19.8 Å². The number of aromatic hydroxyl groups is 1. The van der Waals surface area contributed by atoms with Crippen molar-refractivity contribution in [1.29, 1.82) is 0 Å². The van der Waals surface area contributed by atoms with Gasteiger partial charge in [-0.2, -0.15) is 0 Å². The zero-order valence-corrected chi connectivity index (χ0v) is 17.1. The molecule has 0 aliphatic rings. The van der Waals surface area contributed by atoms with E-state index in [-0.39, 0.29) is 11.4 Å². The first-order valence-corrected chi connectivity index (χ1v) is 9.73. The number of pyridine rings is 1. The minimum absolute atomic E-state index is 0.0546. The lowest BCUT2D eigenvalue weighted by atomic mass is 10.0. The van der Waals surface area contributed by atoms with E-state index in [1.165, 1.54) is 4.57 Å². The zero-order chi connectivity index (χ0) is 20.8. The van der Waals surface area contributed by atoms with Crippen molar-refractivity contribution in [2.24, 2.45) is 0 Å². The maximum absolute atomic E-state index is 12.9. The summed E-state index contributed by atoms with van der Waals surface area (Å²) >= 11 is 0. The van der Waals surface area contributed by atoms with Crippen molar-refractivity contribution in [2.75, 3.05) is 27.4 Å². The highest BCUT2D eigenvalue weighted by Gasteiger charge is 2.21. The predicted octanol–water partition coefficient (Wildman–Crippen LogP) is 4.13. The van der Waals surface area contributed by atoms with E-state index in [9.17, 15) is 9.90 Å². The normalized spacial score (nSPS) is 12.1. The number of rotatable bonds is 9. The fourth-order valence-corrected chi connectivity index (χ4v) is 3.46. The molecule has 6 heteroatoms. The van der Waals surface area contributed by atoms with Crippen LogP contribution < -0.4 is 15.0 Å². The molecule has 1 N–H and O–H groups in total. The number of methoxy groups -OCH3 is 2. The van der Waals surface area contributed by atoms with E-state index in [1.54, 1.807) is 26.4 Å². The van der Waals surface area contributed by atoms with Crippen molar-refractivity contribution in [1.82, 2.24) is 4.57 Å². The summed E-state index contributed by atoms with van der Waals surface area (Å²) in [6.45, 7) is 3.02. The number of aromatic nitrogens is 1. The molecule has 0 bridgehead atoms. The molecule has 0 aliphatic carbocycles. The van der Waals surface area contributed by atoms with E-state index >= 15 is 0 Å². The van der Waals surface area contributed by atoms with Gasteiger partial charge in [0.1, 0.15) is 0 Å². The Hall–Kier alpha value is -2.99. The van der Waals surface area contributed by atoms with Crippen LogP contribution in [0, 0.1) is 0 Å². The second kappa shape index (κ2) is 9.47. The molecule has 0 spiro atoms. The lowest BCUT2D eigenvalue weighted by Gasteiger charge is -2.23. The van der Waals surface area contributed by atoms with Crippen LogP contribution in [0.15, 0.2) is 53.3 Å². The summed E-state index contributed by atoms with van der Waals surface area (Å²) in [5, 5.41) is 12.3. The maximum Gasteiger partial charge on any atom is 0.254 e. The average Bonchev–Trinajstić information content (AvgIpc) is 2.74. The van der Waals surface area contributed by atoms with E-state index in [1.807, 2.05) is 43.3 Å². The van der Waals surface area contributed by atoms with Gasteiger partial charge in [0.15, 0.2) is 11.5 Å². The van der Waals surface area contributed by atoms with Gasteiger partial charge in [-0.05, 0) is 42.0 Å². The fraction of sp³-hybridized carbons (Fsp3) is 0.348. The summed E-state index contributed by atoms with van der Waals surface area (Å²) < 4.78 is 17.9. The van der Waals surface area contributed by atoms with E-state index in [0.717, 1.165) is 12.0 Å². The van der Waals surface area contributed by atoms with Gasteiger partial charge in [0.2, 0.25) is 5.88 Å². The molecule has 1 atom stereocenters. The maximum atomic E-state index is 12.9. The van der Waals surface area contributed by atoms with Gasteiger partial charge in [0, 0.05) is 25.2 Å². The van der Waals surface area contributed by atoms with E-state index in [2.05, 4.69) is 0 Å². The van der Waals surface area contributed by atoms with Crippen molar-refractivity contribution < 1.29 is 19.3 Å². The summed E-state index contributed by atoms with van der Waals surface area (Å²) in [5.74, 6) is 1.19. The smallest absolute Gasteiger partial charge is 0.254 e. The quantitative estimate of drug-likeness (QED) is 0.588. The Balaban J connectivity index is 2.14. The molecule has 0 saturated carbocycles. The second-order valence-electron chi connectivity index (χ2n) is 6.82. The van der Waals surface area contributed by atoms with Crippen LogP contribution in [0.2, 0.25) is 0 Å². The molecule has 0 amide bonds. The molecule has 3 aromatic rings. The Morgan fingerprint density at radius 1 is 1.03 bits per heavy atom. The number of ether oxygens (including phenoxy) is 3. The first kappa shape index (κ1) is 20.7. The number of nitrogens with zero attached hydrogens (tertiary/aromatic N) is 1. The molecule has 29 heavy (non-hydrogen) atoms. The Morgan fingerprint density at radius 3 is 2.55 bits per heavy atom. The van der Waals surface area contributed by atoms with Crippen LogP contribution in [-0.2, 0) is 4.74 Å². The SMILES string of the molecule is CCCOc1cc(C(CCOC)n2c(O)c3ccccc3cc2=O)ccc1OC. The number of hydrogen-bond donors (Lipinski definition) is 1. The molecular weight excluding hydrogens is 370 g/mol. The summed E-state index contributed by atoms with van der Waals surface area (Å²) in [6, 6.07) is 14.0. The average molecular weight is 397 g/mol. The third kappa shape index (κ3) is 4.38. The Bertz CT molecular complexity index is 1030. The number of fused-ring (bicyclic) bond motifs is 1. The molecule has 6 nitrogen and oxygen atoms in total. The topological polar surface area (TPSA) is 69.9 Å². The molecule has 0 fully saturated rings. The molecular formula is C23H27NO5. The molecule has 3 rings (SSSR count). The van der Waals surface area contributed by atoms with Crippen LogP contribution in [0.3, 0.4) is 0 Å². The van der Waals surface area contributed by atoms with Gasteiger partial charge in [-0.3, -0.25) is 9.36 Å². The van der Waals surface area contributed by atoms with Crippen LogP contribution >= 0.6 is 0 Å². The number of hydrogen-bond acceptors (Lipinski definition) is 5. The van der Waals surface area contributed by atoms with Crippen molar-refractivity contribution in [3.63, 3.8) is 0 Å². The molecule has 0 saturated heterocycles. The molecule has 1 heterocycles. The lowest BCUT2D eigenvalue weighted by molar-refractivity contribution is 0.181. The van der Waals surface area contributed by atoms with Gasteiger partial charge in [0.25, 0.3) is 5.56 Å². The van der Waals surface area contributed by atoms with Gasteiger partial charge in [-0.25, -0.2) is 0 Å².